The molecule has 8 nitrogen and oxygen atoms in total. The number of rotatable bonds is 8. The number of benzene rings is 1. The highest BCUT2D eigenvalue weighted by Crippen LogP contribution is 2.27. The summed E-state index contributed by atoms with van der Waals surface area (Å²) in [5, 5.41) is 14.5. The van der Waals surface area contributed by atoms with E-state index < -0.39 is 4.92 Å². The first-order valence-electron chi connectivity index (χ1n) is 11.1. The number of anilines is 1. The van der Waals surface area contributed by atoms with Gasteiger partial charge in [-0.25, -0.2) is 0 Å². The molecular weight excluding hydrogens is 384 g/mol. The molecule has 166 valence electrons. The third-order valence-electron chi connectivity index (χ3n) is 6.18. The summed E-state index contributed by atoms with van der Waals surface area (Å²) in [4.78, 5) is 28.4. The summed E-state index contributed by atoms with van der Waals surface area (Å²) in [5.41, 5.74) is 0.702. The van der Waals surface area contributed by atoms with Gasteiger partial charge in [0, 0.05) is 51.5 Å². The predicted octanol–water partition coefficient (Wildman–Crippen LogP) is 3.38. The molecule has 30 heavy (non-hydrogen) atoms. The zero-order chi connectivity index (χ0) is 21.3. The van der Waals surface area contributed by atoms with Crippen LogP contribution in [-0.2, 0) is 4.74 Å². The molecule has 0 radical (unpaired) electrons. The molecule has 0 atom stereocenters. The second kappa shape index (κ2) is 11.3. The number of carbonyl (C=O) groups is 1. The van der Waals surface area contributed by atoms with E-state index in [1.54, 1.807) is 19.2 Å². The Kier molecular flexibility index (Phi) is 8.45. The number of hydrogen-bond donors (Lipinski definition) is 1. The van der Waals surface area contributed by atoms with Crippen molar-refractivity contribution in [2.45, 2.75) is 38.5 Å². The Balaban J connectivity index is 1.61. The standard InChI is InChI=1S/C22H34N4O4/c1-30-15-10-23-20-9-8-19(16-21(20)26(28)29)22(27)25-12-5-11-24(13-14-25)17-18-6-3-2-4-7-18/h8-9,16,18,23H,2-7,10-15,17H2,1H3. The van der Waals surface area contributed by atoms with Crippen LogP contribution in [0.2, 0.25) is 0 Å². The van der Waals surface area contributed by atoms with Crippen molar-refractivity contribution < 1.29 is 14.5 Å². The Morgan fingerprint density at radius 3 is 2.70 bits per heavy atom. The molecular formula is C22H34N4O4. The molecule has 1 aliphatic heterocycles. The van der Waals surface area contributed by atoms with Gasteiger partial charge in [0.2, 0.25) is 0 Å². The maximum Gasteiger partial charge on any atom is 0.293 e. The third-order valence-corrected chi connectivity index (χ3v) is 6.18. The van der Waals surface area contributed by atoms with Crippen LogP contribution in [-0.4, -0.2) is 73.6 Å². The summed E-state index contributed by atoms with van der Waals surface area (Å²) >= 11 is 0. The Hall–Kier alpha value is -2.19. The Morgan fingerprint density at radius 1 is 1.17 bits per heavy atom. The van der Waals surface area contributed by atoms with Crippen LogP contribution in [0.4, 0.5) is 11.4 Å². The number of nitrogens with one attached hydrogen (secondary N) is 1. The minimum atomic E-state index is -0.444. The lowest BCUT2D eigenvalue weighted by Crippen LogP contribution is -2.37. The van der Waals surface area contributed by atoms with E-state index in [1.807, 2.05) is 4.90 Å². The topological polar surface area (TPSA) is 88.0 Å². The Morgan fingerprint density at radius 2 is 1.97 bits per heavy atom. The zero-order valence-electron chi connectivity index (χ0n) is 18.0. The smallest absolute Gasteiger partial charge is 0.293 e. The molecule has 3 rings (SSSR count). The molecule has 1 aliphatic carbocycles. The van der Waals surface area contributed by atoms with Crippen LogP contribution in [0.25, 0.3) is 0 Å². The molecule has 2 fully saturated rings. The van der Waals surface area contributed by atoms with Crippen LogP contribution in [0.5, 0.6) is 0 Å². The fraction of sp³-hybridized carbons (Fsp3) is 0.682. The van der Waals surface area contributed by atoms with E-state index in [-0.39, 0.29) is 11.6 Å². The first-order valence-corrected chi connectivity index (χ1v) is 11.1. The van der Waals surface area contributed by atoms with Crippen LogP contribution >= 0.6 is 0 Å². The first-order chi connectivity index (χ1) is 14.6. The fourth-order valence-corrected chi connectivity index (χ4v) is 4.53. The molecule has 1 aromatic rings. The highest BCUT2D eigenvalue weighted by molar-refractivity contribution is 5.95. The third kappa shape index (κ3) is 6.15. The van der Waals surface area contributed by atoms with E-state index in [2.05, 4.69) is 10.2 Å². The molecule has 0 unspecified atom stereocenters. The number of ether oxygens (including phenoxy) is 1. The number of carbonyl (C=O) groups excluding carboxylic acids is 1. The quantitative estimate of drug-likeness (QED) is 0.396. The van der Waals surface area contributed by atoms with E-state index in [1.165, 1.54) is 38.2 Å². The lowest BCUT2D eigenvalue weighted by Gasteiger charge is -2.28. The second-order valence-electron chi connectivity index (χ2n) is 8.36. The number of amides is 1. The second-order valence-corrected chi connectivity index (χ2v) is 8.36. The van der Waals surface area contributed by atoms with E-state index in [4.69, 9.17) is 4.74 Å². The molecule has 1 heterocycles. The van der Waals surface area contributed by atoms with Gasteiger partial charge in [0.15, 0.2) is 0 Å². The molecule has 0 aromatic heterocycles. The maximum atomic E-state index is 13.0. The highest BCUT2D eigenvalue weighted by Gasteiger charge is 2.25. The van der Waals surface area contributed by atoms with Gasteiger partial charge < -0.3 is 19.9 Å². The zero-order valence-corrected chi connectivity index (χ0v) is 18.0. The molecule has 0 bridgehead atoms. The van der Waals surface area contributed by atoms with Crippen molar-refractivity contribution in [2.24, 2.45) is 5.92 Å². The number of nitro benzene ring substituents is 1. The summed E-state index contributed by atoms with van der Waals surface area (Å²) in [6.07, 6.45) is 7.65. The van der Waals surface area contributed by atoms with Crippen molar-refractivity contribution in [3.05, 3.63) is 33.9 Å². The average Bonchev–Trinajstić information content (AvgIpc) is 3.00. The van der Waals surface area contributed by atoms with Gasteiger partial charge >= 0.3 is 0 Å². The molecule has 1 saturated carbocycles. The molecule has 0 spiro atoms. The van der Waals surface area contributed by atoms with Gasteiger partial charge in [0.1, 0.15) is 5.69 Å². The van der Waals surface area contributed by atoms with Crippen LogP contribution in [0.3, 0.4) is 0 Å². The van der Waals surface area contributed by atoms with E-state index in [0.29, 0.717) is 37.5 Å². The fourth-order valence-electron chi connectivity index (χ4n) is 4.53. The molecule has 2 aliphatic rings. The molecule has 1 aromatic carbocycles. The summed E-state index contributed by atoms with van der Waals surface area (Å²) < 4.78 is 4.98. The summed E-state index contributed by atoms with van der Waals surface area (Å²) in [6, 6.07) is 4.69. The Bertz CT molecular complexity index is 721. The number of nitro groups is 1. The van der Waals surface area contributed by atoms with Crippen molar-refractivity contribution >= 4 is 17.3 Å². The summed E-state index contributed by atoms with van der Waals surface area (Å²) in [5.74, 6) is 0.669. The molecule has 1 N–H and O–H groups in total. The SMILES string of the molecule is COCCNc1ccc(C(=O)N2CCCN(CC3CCCCC3)CC2)cc1[N+](=O)[O-]. The van der Waals surface area contributed by atoms with Gasteiger partial charge in [-0.05, 0) is 43.9 Å². The molecule has 1 saturated heterocycles. The normalized spacial score (nSPS) is 18.8. The van der Waals surface area contributed by atoms with Crippen molar-refractivity contribution in [1.82, 2.24) is 9.80 Å². The number of nitrogens with zero attached hydrogens (tertiary/aromatic N) is 3. The minimum Gasteiger partial charge on any atom is -0.383 e. The molecule has 8 heteroatoms. The monoisotopic (exact) mass is 418 g/mol. The van der Waals surface area contributed by atoms with Crippen LogP contribution < -0.4 is 5.32 Å². The average molecular weight is 419 g/mol. The van der Waals surface area contributed by atoms with E-state index >= 15 is 0 Å². The van der Waals surface area contributed by atoms with Crippen LogP contribution in [0.1, 0.15) is 48.9 Å². The van der Waals surface area contributed by atoms with E-state index in [0.717, 1.165) is 32.0 Å². The molecule has 1 amide bonds. The summed E-state index contributed by atoms with van der Waals surface area (Å²) in [6.45, 7) is 5.31. The van der Waals surface area contributed by atoms with Gasteiger partial charge in [0.25, 0.3) is 11.6 Å². The predicted molar refractivity (Wildman–Crippen MR) is 117 cm³/mol. The van der Waals surface area contributed by atoms with Crippen LogP contribution in [0.15, 0.2) is 18.2 Å². The van der Waals surface area contributed by atoms with Crippen LogP contribution in [0, 0.1) is 16.0 Å². The van der Waals surface area contributed by atoms with Gasteiger partial charge in [-0.1, -0.05) is 19.3 Å². The maximum absolute atomic E-state index is 13.0. The highest BCUT2D eigenvalue weighted by atomic mass is 16.6. The van der Waals surface area contributed by atoms with E-state index in [9.17, 15) is 14.9 Å². The van der Waals surface area contributed by atoms with Gasteiger partial charge in [-0.3, -0.25) is 14.9 Å². The minimum absolute atomic E-state index is 0.0781. The van der Waals surface area contributed by atoms with Crippen molar-refractivity contribution in [3.8, 4) is 0 Å². The van der Waals surface area contributed by atoms with Crippen molar-refractivity contribution in [1.29, 1.82) is 0 Å². The van der Waals surface area contributed by atoms with Gasteiger partial charge in [-0.2, -0.15) is 0 Å². The number of hydrogen-bond acceptors (Lipinski definition) is 6. The summed E-state index contributed by atoms with van der Waals surface area (Å²) in [7, 11) is 1.58. The van der Waals surface area contributed by atoms with Gasteiger partial charge in [0.05, 0.1) is 11.5 Å². The van der Waals surface area contributed by atoms with Gasteiger partial charge in [-0.15, -0.1) is 0 Å². The first kappa shape index (κ1) is 22.5. The Labute approximate surface area is 178 Å². The number of methoxy groups -OCH3 is 1. The van der Waals surface area contributed by atoms with Crippen molar-refractivity contribution in [2.75, 3.05) is 58.3 Å². The lowest BCUT2D eigenvalue weighted by atomic mass is 9.89. The largest absolute Gasteiger partial charge is 0.383 e. The lowest BCUT2D eigenvalue weighted by molar-refractivity contribution is -0.384. The van der Waals surface area contributed by atoms with Crippen molar-refractivity contribution in [3.63, 3.8) is 0 Å².